The molecule has 0 aromatic carbocycles. The molecule has 0 spiro atoms. The summed E-state index contributed by atoms with van der Waals surface area (Å²) < 4.78 is 1.26. The van der Waals surface area contributed by atoms with Gasteiger partial charge in [-0.15, -0.1) is 16.7 Å². The number of nitrogens with one attached hydrogen (secondary N) is 2. The first-order chi connectivity index (χ1) is 9.72. The van der Waals surface area contributed by atoms with Gasteiger partial charge in [-0.05, 0) is 25.0 Å². The van der Waals surface area contributed by atoms with Gasteiger partial charge in [-0.3, -0.25) is 0 Å². The molecule has 20 heavy (non-hydrogen) atoms. The number of nitrogens with zero attached hydrogens (tertiary/aromatic N) is 3. The van der Waals surface area contributed by atoms with E-state index in [1.54, 1.807) is 6.07 Å². The highest BCUT2D eigenvalue weighted by Crippen LogP contribution is 2.37. The molecule has 1 saturated carbocycles. The zero-order valence-corrected chi connectivity index (χ0v) is 12.0. The molecule has 2 heterocycles. The first kappa shape index (κ1) is 13.4. The number of hydrogen-bond donors (Lipinski definition) is 2. The number of aromatic amines is 1. The quantitative estimate of drug-likeness (QED) is 0.846. The van der Waals surface area contributed by atoms with E-state index < -0.39 is 0 Å². The predicted molar refractivity (Wildman–Crippen MR) is 78.3 cm³/mol. The third-order valence-corrected chi connectivity index (χ3v) is 4.68. The number of fused-ring (bicyclic) bond motifs is 1. The lowest BCUT2D eigenvalue weighted by atomic mass is 9.75. The minimum Gasteiger partial charge on any atom is -0.368 e. The van der Waals surface area contributed by atoms with Gasteiger partial charge in [0, 0.05) is 17.8 Å². The van der Waals surface area contributed by atoms with Gasteiger partial charge in [-0.25, -0.2) is 9.89 Å². The van der Waals surface area contributed by atoms with Crippen molar-refractivity contribution < 1.29 is 0 Å². The van der Waals surface area contributed by atoms with E-state index in [4.69, 9.17) is 11.6 Å². The second kappa shape index (κ2) is 5.44. The van der Waals surface area contributed by atoms with Crippen molar-refractivity contribution in [2.45, 2.75) is 32.1 Å². The molecule has 2 aromatic heterocycles. The molecule has 1 aliphatic carbocycles. The van der Waals surface area contributed by atoms with Crippen LogP contribution < -0.4 is 11.0 Å². The number of halogens is 1. The van der Waals surface area contributed by atoms with Gasteiger partial charge in [0.2, 0.25) is 0 Å². The molecular weight excluding hydrogens is 278 g/mol. The van der Waals surface area contributed by atoms with Crippen LogP contribution in [0.2, 0.25) is 0 Å². The maximum absolute atomic E-state index is 11.5. The fourth-order valence-corrected chi connectivity index (χ4v) is 3.20. The largest absolute Gasteiger partial charge is 0.368 e. The number of rotatable bonds is 4. The summed E-state index contributed by atoms with van der Waals surface area (Å²) in [5, 5.41) is 13.8. The number of H-pyrrole nitrogens is 1. The smallest absolute Gasteiger partial charge is 0.364 e. The SMILES string of the molecule is O=c1[nH]nc2ccc(NCC3(CCl)CCCCC3)nn12. The Morgan fingerprint density at radius 1 is 1.35 bits per heavy atom. The van der Waals surface area contributed by atoms with E-state index in [-0.39, 0.29) is 11.1 Å². The highest BCUT2D eigenvalue weighted by molar-refractivity contribution is 6.18. The third kappa shape index (κ3) is 2.52. The summed E-state index contributed by atoms with van der Waals surface area (Å²) in [5.74, 6) is 1.34. The molecule has 7 heteroatoms. The average molecular weight is 296 g/mol. The van der Waals surface area contributed by atoms with E-state index in [9.17, 15) is 4.79 Å². The van der Waals surface area contributed by atoms with Crippen LogP contribution in [0, 0.1) is 5.41 Å². The molecule has 1 fully saturated rings. The molecule has 0 unspecified atom stereocenters. The van der Waals surface area contributed by atoms with E-state index >= 15 is 0 Å². The summed E-state index contributed by atoms with van der Waals surface area (Å²) in [6, 6.07) is 3.60. The van der Waals surface area contributed by atoms with E-state index in [0.29, 0.717) is 17.3 Å². The van der Waals surface area contributed by atoms with Gasteiger partial charge >= 0.3 is 5.69 Å². The highest BCUT2D eigenvalue weighted by atomic mass is 35.5. The minimum absolute atomic E-state index is 0.151. The Bertz CT molecular complexity index is 643. The van der Waals surface area contributed by atoms with E-state index in [1.165, 1.54) is 23.8 Å². The summed E-state index contributed by atoms with van der Waals surface area (Å²) >= 11 is 6.18. The van der Waals surface area contributed by atoms with Crippen LogP contribution in [-0.4, -0.2) is 32.2 Å². The van der Waals surface area contributed by atoms with Crippen molar-refractivity contribution in [1.29, 1.82) is 0 Å². The standard InChI is InChI=1S/C13H18ClN5O/c14-8-13(6-2-1-3-7-13)9-15-10-4-5-11-16-17-12(20)19(11)18-10/h4-5H,1-3,6-9H2,(H,15,18)(H,17,20). The predicted octanol–water partition coefficient (Wildman–Crippen LogP) is 2.02. The van der Waals surface area contributed by atoms with Gasteiger partial charge in [-0.2, -0.15) is 9.61 Å². The lowest BCUT2D eigenvalue weighted by Gasteiger charge is -2.35. The Morgan fingerprint density at radius 3 is 2.90 bits per heavy atom. The average Bonchev–Trinajstić information content (AvgIpc) is 2.87. The number of anilines is 1. The van der Waals surface area contributed by atoms with Crippen molar-refractivity contribution >= 4 is 23.1 Å². The summed E-state index contributed by atoms with van der Waals surface area (Å²) in [6.07, 6.45) is 6.08. The van der Waals surface area contributed by atoms with Crippen LogP contribution in [-0.2, 0) is 0 Å². The summed E-state index contributed by atoms with van der Waals surface area (Å²) in [5.41, 5.74) is 0.344. The van der Waals surface area contributed by atoms with E-state index in [2.05, 4.69) is 20.6 Å². The first-order valence-electron chi connectivity index (χ1n) is 6.97. The molecule has 3 rings (SSSR count). The van der Waals surface area contributed by atoms with Crippen LogP contribution in [0.5, 0.6) is 0 Å². The Labute approximate surface area is 121 Å². The van der Waals surface area contributed by atoms with Crippen molar-refractivity contribution in [2.24, 2.45) is 5.41 Å². The molecule has 0 bridgehead atoms. The molecule has 108 valence electrons. The molecule has 0 saturated heterocycles. The van der Waals surface area contributed by atoms with E-state index in [0.717, 1.165) is 19.4 Å². The molecule has 2 N–H and O–H groups in total. The van der Waals surface area contributed by atoms with Gasteiger partial charge in [0.15, 0.2) is 5.65 Å². The molecule has 0 radical (unpaired) electrons. The summed E-state index contributed by atoms with van der Waals surface area (Å²) in [6.45, 7) is 0.793. The van der Waals surface area contributed by atoms with Crippen molar-refractivity contribution in [2.75, 3.05) is 17.7 Å². The van der Waals surface area contributed by atoms with Gasteiger partial charge in [0.1, 0.15) is 5.82 Å². The third-order valence-electron chi connectivity index (χ3n) is 4.12. The summed E-state index contributed by atoms with van der Waals surface area (Å²) in [7, 11) is 0. The molecular formula is C13H18ClN5O. The Kier molecular flexibility index (Phi) is 3.65. The number of alkyl halides is 1. The lowest BCUT2D eigenvalue weighted by molar-refractivity contribution is 0.238. The minimum atomic E-state index is -0.326. The topological polar surface area (TPSA) is 75.1 Å². The van der Waals surface area contributed by atoms with Gasteiger partial charge in [0.05, 0.1) is 0 Å². The van der Waals surface area contributed by atoms with Crippen LogP contribution in [0.15, 0.2) is 16.9 Å². The second-order valence-corrected chi connectivity index (χ2v) is 5.83. The molecule has 1 aliphatic rings. The lowest BCUT2D eigenvalue weighted by Crippen LogP contribution is -2.34. The Hall–Kier alpha value is -1.56. The zero-order valence-electron chi connectivity index (χ0n) is 11.2. The first-order valence-corrected chi connectivity index (χ1v) is 7.50. The van der Waals surface area contributed by atoms with Gasteiger partial charge in [-0.1, -0.05) is 19.3 Å². The van der Waals surface area contributed by atoms with Crippen molar-refractivity contribution in [1.82, 2.24) is 19.8 Å². The van der Waals surface area contributed by atoms with Crippen molar-refractivity contribution in [3.05, 3.63) is 22.6 Å². The second-order valence-electron chi connectivity index (χ2n) is 5.57. The number of hydrogen-bond acceptors (Lipinski definition) is 4. The maximum atomic E-state index is 11.5. The van der Waals surface area contributed by atoms with Crippen LogP contribution in [0.1, 0.15) is 32.1 Å². The normalized spacial score (nSPS) is 18.2. The van der Waals surface area contributed by atoms with Crippen LogP contribution in [0.4, 0.5) is 5.82 Å². The molecule has 0 atom stereocenters. The maximum Gasteiger partial charge on any atom is 0.364 e. The van der Waals surface area contributed by atoms with Gasteiger partial charge < -0.3 is 5.32 Å². The summed E-state index contributed by atoms with van der Waals surface area (Å²) in [4.78, 5) is 11.5. The Balaban J connectivity index is 1.75. The monoisotopic (exact) mass is 295 g/mol. The van der Waals surface area contributed by atoms with E-state index in [1.807, 2.05) is 6.07 Å². The zero-order chi connectivity index (χ0) is 14.0. The van der Waals surface area contributed by atoms with Crippen molar-refractivity contribution in [3.8, 4) is 0 Å². The Morgan fingerprint density at radius 2 is 2.15 bits per heavy atom. The van der Waals surface area contributed by atoms with Gasteiger partial charge in [0.25, 0.3) is 0 Å². The van der Waals surface area contributed by atoms with Crippen LogP contribution in [0.3, 0.4) is 0 Å². The van der Waals surface area contributed by atoms with Crippen LogP contribution in [0.25, 0.3) is 5.65 Å². The fraction of sp³-hybridized carbons (Fsp3) is 0.615. The molecule has 6 nitrogen and oxygen atoms in total. The van der Waals surface area contributed by atoms with Crippen molar-refractivity contribution in [3.63, 3.8) is 0 Å². The fourth-order valence-electron chi connectivity index (χ4n) is 2.83. The molecule has 0 aliphatic heterocycles. The molecule has 2 aromatic rings. The van der Waals surface area contributed by atoms with Crippen LogP contribution >= 0.6 is 11.6 Å². The molecule has 0 amide bonds. The highest BCUT2D eigenvalue weighted by Gasteiger charge is 2.31. The number of aromatic nitrogens is 4.